The summed E-state index contributed by atoms with van der Waals surface area (Å²) in [5, 5.41) is 40.1. The maximum absolute atomic E-state index is 10.4. The predicted molar refractivity (Wildman–Crippen MR) is 157 cm³/mol. The van der Waals surface area contributed by atoms with Crippen molar-refractivity contribution >= 4 is 0 Å². The maximum Gasteiger partial charge on any atom is 0.115 e. The van der Waals surface area contributed by atoms with Crippen LogP contribution in [-0.2, 0) is 12.8 Å². The van der Waals surface area contributed by atoms with Gasteiger partial charge in [-0.25, -0.2) is 0 Å². The van der Waals surface area contributed by atoms with Crippen LogP contribution in [0.4, 0.5) is 0 Å². The molecule has 2 aromatic carbocycles. The van der Waals surface area contributed by atoms with Crippen LogP contribution in [0.5, 0.6) is 11.5 Å². The molecule has 6 aliphatic rings. The summed E-state index contributed by atoms with van der Waals surface area (Å²) in [5.74, 6) is 4.98. The Morgan fingerprint density at radius 1 is 0.575 bits per heavy atom. The minimum Gasteiger partial charge on any atom is -0.508 e. The molecule has 0 amide bonds. The molecule has 4 fully saturated rings. The summed E-state index contributed by atoms with van der Waals surface area (Å²) in [7, 11) is 0. The Balaban J connectivity index is 0.000000132. The Hall–Kier alpha value is -2.04. The van der Waals surface area contributed by atoms with Gasteiger partial charge < -0.3 is 20.4 Å². The van der Waals surface area contributed by atoms with Crippen LogP contribution >= 0.6 is 0 Å². The van der Waals surface area contributed by atoms with E-state index in [0.717, 1.165) is 50.4 Å². The van der Waals surface area contributed by atoms with E-state index in [1.807, 2.05) is 24.3 Å². The summed E-state index contributed by atoms with van der Waals surface area (Å²) in [6.45, 7) is 4.63. The maximum atomic E-state index is 10.4. The Kier molecular flexibility index (Phi) is 6.55. The highest BCUT2D eigenvalue weighted by Gasteiger charge is 2.55. The second kappa shape index (κ2) is 9.76. The number of aromatic hydroxyl groups is 2. The zero-order valence-electron chi connectivity index (χ0n) is 24.4. The lowest BCUT2D eigenvalue weighted by molar-refractivity contribution is -0.0226. The van der Waals surface area contributed by atoms with Crippen LogP contribution in [0.2, 0.25) is 0 Å². The zero-order chi connectivity index (χ0) is 27.8. The third-order valence-electron chi connectivity index (χ3n) is 13.3. The van der Waals surface area contributed by atoms with E-state index in [0.29, 0.717) is 35.2 Å². The Bertz CT molecular complexity index is 1170. The van der Waals surface area contributed by atoms with Gasteiger partial charge in [0.05, 0.1) is 12.2 Å². The summed E-state index contributed by atoms with van der Waals surface area (Å²) < 4.78 is 0. The molecule has 4 saturated carbocycles. The molecular formula is C36H48O4. The SMILES string of the molecule is C[C@]12CC[C@@H]3c4ccc(O)cc4CC[C@H]3[C@@H]1CCC2O.C[C@]12CC[C@@H]3c4ccc(O)cc4CC[C@H]3[C@@H]1CC[C@@H]2O. The van der Waals surface area contributed by atoms with Gasteiger partial charge in [0.1, 0.15) is 11.5 Å². The molecule has 8 rings (SSSR count). The molecule has 0 aliphatic heterocycles. The average Bonchev–Trinajstić information content (AvgIpc) is 3.43. The summed E-state index contributed by atoms with van der Waals surface area (Å²) >= 11 is 0. The fourth-order valence-corrected chi connectivity index (χ4v) is 11.1. The van der Waals surface area contributed by atoms with E-state index < -0.39 is 0 Å². The Morgan fingerprint density at radius 2 is 1.00 bits per heavy atom. The fourth-order valence-electron chi connectivity index (χ4n) is 11.1. The molecule has 10 atom stereocenters. The lowest BCUT2D eigenvalue weighted by Gasteiger charge is -2.50. The van der Waals surface area contributed by atoms with Crippen LogP contribution in [0.1, 0.15) is 112 Å². The molecule has 40 heavy (non-hydrogen) atoms. The van der Waals surface area contributed by atoms with Gasteiger partial charge in [-0.15, -0.1) is 0 Å². The second-order valence-corrected chi connectivity index (χ2v) is 14.9. The van der Waals surface area contributed by atoms with E-state index in [-0.39, 0.29) is 23.0 Å². The van der Waals surface area contributed by atoms with E-state index >= 15 is 0 Å². The van der Waals surface area contributed by atoms with Crippen molar-refractivity contribution in [1.29, 1.82) is 0 Å². The van der Waals surface area contributed by atoms with Gasteiger partial charge in [-0.1, -0.05) is 26.0 Å². The molecule has 0 saturated heterocycles. The zero-order valence-corrected chi connectivity index (χ0v) is 24.4. The summed E-state index contributed by atoms with van der Waals surface area (Å²) in [4.78, 5) is 0. The summed E-state index contributed by atoms with van der Waals surface area (Å²) in [6.07, 6.45) is 13.6. The third-order valence-corrected chi connectivity index (χ3v) is 13.3. The molecule has 0 radical (unpaired) electrons. The van der Waals surface area contributed by atoms with Gasteiger partial charge in [-0.05, 0) is 170 Å². The number of phenolic OH excluding ortho intramolecular Hbond substituents is 2. The van der Waals surface area contributed by atoms with Crippen LogP contribution in [0, 0.1) is 34.5 Å². The molecule has 2 aromatic rings. The van der Waals surface area contributed by atoms with Crippen molar-refractivity contribution < 1.29 is 20.4 Å². The number of hydrogen-bond donors (Lipinski definition) is 4. The van der Waals surface area contributed by atoms with Gasteiger partial charge in [-0.3, -0.25) is 0 Å². The van der Waals surface area contributed by atoms with Gasteiger partial charge in [0, 0.05) is 0 Å². The largest absolute Gasteiger partial charge is 0.508 e. The molecular weight excluding hydrogens is 496 g/mol. The molecule has 4 heteroatoms. The van der Waals surface area contributed by atoms with Crippen LogP contribution in [0.25, 0.3) is 0 Å². The molecule has 6 aliphatic carbocycles. The van der Waals surface area contributed by atoms with Gasteiger partial charge in [0.15, 0.2) is 0 Å². The molecule has 1 unspecified atom stereocenters. The van der Waals surface area contributed by atoms with E-state index in [9.17, 15) is 20.4 Å². The molecule has 0 spiro atoms. The van der Waals surface area contributed by atoms with E-state index in [4.69, 9.17) is 0 Å². The predicted octanol–water partition coefficient (Wildman–Crippen LogP) is 7.22. The highest BCUT2D eigenvalue weighted by molar-refractivity contribution is 5.41. The molecule has 0 heterocycles. The molecule has 4 nitrogen and oxygen atoms in total. The molecule has 0 bridgehead atoms. The second-order valence-electron chi connectivity index (χ2n) is 14.9. The first-order valence-electron chi connectivity index (χ1n) is 16.2. The first-order valence-corrected chi connectivity index (χ1v) is 16.2. The number of aliphatic hydroxyl groups is 2. The van der Waals surface area contributed by atoms with Gasteiger partial charge in [-0.2, -0.15) is 0 Å². The Labute approximate surface area is 239 Å². The van der Waals surface area contributed by atoms with E-state index in [2.05, 4.69) is 26.0 Å². The monoisotopic (exact) mass is 544 g/mol. The average molecular weight is 545 g/mol. The fraction of sp³-hybridized carbons (Fsp3) is 0.667. The summed E-state index contributed by atoms with van der Waals surface area (Å²) in [6, 6.07) is 11.9. The minimum absolute atomic E-state index is 0.0883. The number of hydrogen-bond acceptors (Lipinski definition) is 4. The van der Waals surface area contributed by atoms with Crippen molar-refractivity contribution in [2.75, 3.05) is 0 Å². The van der Waals surface area contributed by atoms with Crippen molar-refractivity contribution in [1.82, 2.24) is 0 Å². The topological polar surface area (TPSA) is 80.9 Å². The molecule has 216 valence electrons. The van der Waals surface area contributed by atoms with Crippen molar-refractivity contribution in [3.05, 3.63) is 58.7 Å². The first kappa shape index (κ1) is 26.8. The first-order chi connectivity index (χ1) is 19.2. The van der Waals surface area contributed by atoms with Crippen molar-refractivity contribution in [3.8, 4) is 11.5 Å². The van der Waals surface area contributed by atoms with Crippen LogP contribution in [-0.4, -0.2) is 32.6 Å². The van der Waals surface area contributed by atoms with E-state index in [1.54, 1.807) is 0 Å². The van der Waals surface area contributed by atoms with Gasteiger partial charge in [0.2, 0.25) is 0 Å². The highest BCUT2D eigenvalue weighted by atomic mass is 16.3. The lowest BCUT2D eigenvalue weighted by atomic mass is 9.55. The third kappa shape index (κ3) is 4.07. The Morgan fingerprint density at radius 3 is 1.43 bits per heavy atom. The number of rotatable bonds is 0. The number of aryl methyl sites for hydroxylation is 2. The van der Waals surface area contributed by atoms with Crippen LogP contribution < -0.4 is 0 Å². The van der Waals surface area contributed by atoms with Crippen LogP contribution in [0.3, 0.4) is 0 Å². The molecule has 0 aromatic heterocycles. The molecule has 4 N–H and O–H groups in total. The standard InChI is InChI=1S/2C18H24O2/c2*1-18-9-8-14-13-5-3-12(19)10-11(13)2-4-15(14)16(18)6-7-17(18)20/h2*3,5,10,14-17,19-20H,2,4,6-9H2,1H3/t14-,15-,16+,17?,18+;14-,15-,16+,17+,18+/m11/s1. The summed E-state index contributed by atoms with van der Waals surface area (Å²) in [5.41, 5.74) is 5.98. The minimum atomic E-state index is -0.0883. The van der Waals surface area contributed by atoms with Crippen molar-refractivity contribution in [3.63, 3.8) is 0 Å². The van der Waals surface area contributed by atoms with Gasteiger partial charge >= 0.3 is 0 Å². The number of aliphatic hydroxyl groups excluding tert-OH is 2. The lowest BCUT2D eigenvalue weighted by Crippen LogP contribution is -2.43. The van der Waals surface area contributed by atoms with Crippen LogP contribution in [0.15, 0.2) is 36.4 Å². The number of benzene rings is 2. The normalized spacial score (nSPS) is 42.7. The number of fused-ring (bicyclic) bond motifs is 10. The van der Waals surface area contributed by atoms with Crippen molar-refractivity contribution in [2.45, 2.75) is 115 Å². The quantitative estimate of drug-likeness (QED) is 0.282. The highest BCUT2D eigenvalue weighted by Crippen LogP contribution is 2.62. The van der Waals surface area contributed by atoms with Gasteiger partial charge in [0.25, 0.3) is 0 Å². The smallest absolute Gasteiger partial charge is 0.115 e. The van der Waals surface area contributed by atoms with Crippen molar-refractivity contribution in [2.24, 2.45) is 34.5 Å². The number of phenols is 2. The van der Waals surface area contributed by atoms with E-state index in [1.165, 1.54) is 60.8 Å².